The van der Waals surface area contributed by atoms with Crippen LogP contribution in [0.5, 0.6) is 0 Å². The molecule has 0 aliphatic heterocycles. The number of carbonyl (C=O) groups is 1. The van der Waals surface area contributed by atoms with Crippen molar-refractivity contribution in [3.63, 3.8) is 0 Å². The number of benzene rings is 1. The molecule has 0 bridgehead atoms. The normalized spacial score (nSPS) is 11.2. The molecule has 0 spiro atoms. The first kappa shape index (κ1) is 17.7. The molecule has 3 rings (SSSR count). The van der Waals surface area contributed by atoms with Crippen molar-refractivity contribution < 1.29 is 9.53 Å². The highest BCUT2D eigenvalue weighted by molar-refractivity contribution is 5.84. The summed E-state index contributed by atoms with van der Waals surface area (Å²) >= 11 is 0. The van der Waals surface area contributed by atoms with Crippen molar-refractivity contribution in [3.05, 3.63) is 72.2 Å². The molecule has 0 aliphatic rings. The molecule has 0 saturated carbocycles. The third kappa shape index (κ3) is 4.27. The molecule has 3 aromatic rings. The van der Waals surface area contributed by atoms with Gasteiger partial charge in [0.2, 0.25) is 0 Å². The van der Waals surface area contributed by atoms with Crippen molar-refractivity contribution >= 4 is 11.8 Å². The van der Waals surface area contributed by atoms with Crippen molar-refractivity contribution in [1.29, 1.82) is 0 Å². The molecule has 1 amide bonds. The lowest BCUT2D eigenvalue weighted by Gasteiger charge is -2.14. The Morgan fingerprint density at radius 3 is 2.50 bits per heavy atom. The zero-order valence-electron chi connectivity index (χ0n) is 15.1. The largest absolute Gasteiger partial charge is 0.443 e. The summed E-state index contributed by atoms with van der Waals surface area (Å²) in [6.45, 7) is 6.36. The van der Waals surface area contributed by atoms with Crippen LogP contribution in [-0.4, -0.2) is 20.9 Å². The number of hydrogen-bond donors (Lipinski definition) is 1. The van der Waals surface area contributed by atoms with E-state index in [1.54, 1.807) is 23.0 Å². The molecular formula is C20H22N4O2. The lowest BCUT2D eigenvalue weighted by Crippen LogP contribution is -2.15. The van der Waals surface area contributed by atoms with Crippen LogP contribution < -0.4 is 5.32 Å². The van der Waals surface area contributed by atoms with Gasteiger partial charge in [-0.15, -0.1) is 0 Å². The van der Waals surface area contributed by atoms with E-state index in [4.69, 9.17) is 4.74 Å². The zero-order chi connectivity index (χ0) is 18.6. The Hall–Kier alpha value is -3.15. The predicted octanol–water partition coefficient (Wildman–Crippen LogP) is 4.31. The first-order chi connectivity index (χ1) is 12.4. The Morgan fingerprint density at radius 1 is 1.12 bits per heavy atom. The molecule has 0 fully saturated rings. The van der Waals surface area contributed by atoms with Gasteiger partial charge >= 0.3 is 6.09 Å². The third-order valence-corrected chi connectivity index (χ3v) is 3.79. The minimum absolute atomic E-state index is 0.0956. The van der Waals surface area contributed by atoms with E-state index in [2.05, 4.69) is 36.2 Å². The highest BCUT2D eigenvalue weighted by Crippen LogP contribution is 2.23. The molecule has 0 unspecified atom stereocenters. The fourth-order valence-corrected chi connectivity index (χ4v) is 2.38. The molecule has 2 heterocycles. The second kappa shape index (κ2) is 7.39. The van der Waals surface area contributed by atoms with Gasteiger partial charge in [-0.25, -0.2) is 14.5 Å². The van der Waals surface area contributed by atoms with Gasteiger partial charge in [0.25, 0.3) is 0 Å². The van der Waals surface area contributed by atoms with Crippen LogP contribution in [0.4, 0.5) is 10.5 Å². The van der Waals surface area contributed by atoms with E-state index in [1.165, 1.54) is 0 Å². The van der Waals surface area contributed by atoms with Crippen molar-refractivity contribution in [2.75, 3.05) is 5.32 Å². The molecule has 1 aromatic carbocycles. The summed E-state index contributed by atoms with van der Waals surface area (Å²) in [5.41, 5.74) is 2.23. The van der Waals surface area contributed by atoms with E-state index in [-0.39, 0.29) is 12.0 Å². The number of nitrogens with zero attached hydrogens (tertiary/aromatic N) is 3. The first-order valence-corrected chi connectivity index (χ1v) is 8.43. The minimum atomic E-state index is -0.512. The maximum absolute atomic E-state index is 12.1. The smallest absolute Gasteiger partial charge is 0.412 e. The van der Waals surface area contributed by atoms with Crippen LogP contribution in [0.2, 0.25) is 0 Å². The standard InChI is InChI=1S/C20H22N4O2/c1-20(2,3)17-13-16(24(23-17)18-11-7-8-12-21-18)14-26-19(25)22-15-9-5-4-6-10-15/h4-13H,14H2,1-3H3,(H,22,25). The molecule has 1 N–H and O–H groups in total. The van der Waals surface area contributed by atoms with Crippen molar-refractivity contribution in [3.8, 4) is 5.82 Å². The molecular weight excluding hydrogens is 328 g/mol. The first-order valence-electron chi connectivity index (χ1n) is 8.43. The monoisotopic (exact) mass is 350 g/mol. The molecule has 134 valence electrons. The summed E-state index contributed by atoms with van der Waals surface area (Å²) in [7, 11) is 0. The molecule has 6 nitrogen and oxygen atoms in total. The molecule has 26 heavy (non-hydrogen) atoms. The number of hydrogen-bond acceptors (Lipinski definition) is 4. The summed E-state index contributed by atoms with van der Waals surface area (Å²) in [4.78, 5) is 16.4. The highest BCUT2D eigenvalue weighted by atomic mass is 16.5. The second-order valence-corrected chi connectivity index (χ2v) is 6.94. The lowest BCUT2D eigenvalue weighted by atomic mass is 9.92. The SMILES string of the molecule is CC(C)(C)c1cc(COC(=O)Nc2ccccc2)n(-c2ccccn2)n1. The summed E-state index contributed by atoms with van der Waals surface area (Å²) < 4.78 is 7.10. The maximum Gasteiger partial charge on any atom is 0.412 e. The number of nitrogens with one attached hydrogen (secondary N) is 1. The average Bonchev–Trinajstić information content (AvgIpc) is 3.06. The van der Waals surface area contributed by atoms with E-state index >= 15 is 0 Å². The minimum Gasteiger partial charge on any atom is -0.443 e. The van der Waals surface area contributed by atoms with Gasteiger partial charge in [0.1, 0.15) is 6.61 Å². The molecule has 2 aromatic heterocycles. The van der Waals surface area contributed by atoms with Crippen LogP contribution in [0.25, 0.3) is 5.82 Å². The number of ether oxygens (including phenoxy) is 1. The number of pyridine rings is 1. The second-order valence-electron chi connectivity index (χ2n) is 6.94. The van der Waals surface area contributed by atoms with Gasteiger partial charge in [-0.1, -0.05) is 45.0 Å². The molecule has 6 heteroatoms. The number of carbonyl (C=O) groups excluding carboxylic acids is 1. The van der Waals surface area contributed by atoms with Gasteiger partial charge in [0.15, 0.2) is 5.82 Å². The average molecular weight is 350 g/mol. The van der Waals surface area contributed by atoms with Crippen LogP contribution in [0.15, 0.2) is 60.8 Å². The van der Waals surface area contributed by atoms with Gasteiger partial charge in [-0.05, 0) is 30.3 Å². The lowest BCUT2D eigenvalue weighted by molar-refractivity contribution is 0.152. The maximum atomic E-state index is 12.1. The fourth-order valence-electron chi connectivity index (χ4n) is 2.38. The number of aromatic nitrogens is 3. The van der Waals surface area contributed by atoms with Gasteiger partial charge in [0, 0.05) is 17.3 Å². The number of rotatable bonds is 4. The van der Waals surface area contributed by atoms with E-state index in [0.717, 1.165) is 11.4 Å². The molecule has 0 saturated heterocycles. The predicted molar refractivity (Wildman–Crippen MR) is 100 cm³/mol. The molecule has 0 aliphatic carbocycles. The number of para-hydroxylation sites is 1. The van der Waals surface area contributed by atoms with Crippen LogP contribution in [0.1, 0.15) is 32.2 Å². The van der Waals surface area contributed by atoms with Crippen LogP contribution in [0, 0.1) is 0 Å². The van der Waals surface area contributed by atoms with E-state index < -0.39 is 6.09 Å². The number of anilines is 1. The highest BCUT2D eigenvalue weighted by Gasteiger charge is 2.21. The van der Waals surface area contributed by atoms with Crippen LogP contribution in [0.3, 0.4) is 0 Å². The van der Waals surface area contributed by atoms with E-state index in [1.807, 2.05) is 42.5 Å². The Morgan fingerprint density at radius 2 is 1.85 bits per heavy atom. The van der Waals surface area contributed by atoms with Crippen LogP contribution >= 0.6 is 0 Å². The summed E-state index contributed by atoms with van der Waals surface area (Å²) in [5, 5.41) is 7.36. The summed E-state index contributed by atoms with van der Waals surface area (Å²) in [6.07, 6.45) is 1.20. The van der Waals surface area contributed by atoms with Crippen molar-refractivity contribution in [2.45, 2.75) is 32.8 Å². The Balaban J connectivity index is 1.78. The summed E-state index contributed by atoms with van der Waals surface area (Å²) in [5.74, 6) is 0.685. The topological polar surface area (TPSA) is 69.0 Å². The van der Waals surface area contributed by atoms with Crippen molar-refractivity contribution in [1.82, 2.24) is 14.8 Å². The van der Waals surface area contributed by atoms with E-state index in [0.29, 0.717) is 11.5 Å². The molecule has 0 radical (unpaired) electrons. The van der Waals surface area contributed by atoms with Gasteiger partial charge in [-0.3, -0.25) is 5.32 Å². The third-order valence-electron chi connectivity index (χ3n) is 3.79. The number of amides is 1. The quantitative estimate of drug-likeness (QED) is 0.761. The van der Waals surface area contributed by atoms with E-state index in [9.17, 15) is 4.79 Å². The summed E-state index contributed by atoms with van der Waals surface area (Å²) in [6, 6.07) is 16.7. The van der Waals surface area contributed by atoms with Gasteiger partial charge < -0.3 is 4.74 Å². The van der Waals surface area contributed by atoms with Gasteiger partial charge in [-0.2, -0.15) is 5.10 Å². The van der Waals surface area contributed by atoms with Crippen LogP contribution in [-0.2, 0) is 16.8 Å². The molecule has 0 atom stereocenters. The Bertz CT molecular complexity index is 868. The fraction of sp³-hybridized carbons (Fsp3) is 0.250. The zero-order valence-corrected chi connectivity index (χ0v) is 15.1. The Labute approximate surface area is 152 Å². The van der Waals surface area contributed by atoms with Crippen molar-refractivity contribution in [2.24, 2.45) is 0 Å². The van der Waals surface area contributed by atoms with Gasteiger partial charge in [0.05, 0.1) is 11.4 Å². The Kier molecular flexibility index (Phi) is 5.02.